The van der Waals surface area contributed by atoms with Crippen LogP contribution >= 0.6 is 0 Å². The fourth-order valence-corrected chi connectivity index (χ4v) is 6.85. The molecule has 6 atom stereocenters. The molecule has 0 aromatic heterocycles. The van der Waals surface area contributed by atoms with Gasteiger partial charge in [0.05, 0.1) is 23.8 Å². The Balaban J connectivity index is 1.45. The highest BCUT2D eigenvalue weighted by atomic mass is 16.6. The molecule has 8 nitrogen and oxygen atoms in total. The monoisotopic (exact) mass is 382 g/mol. The van der Waals surface area contributed by atoms with Crippen molar-refractivity contribution in [1.29, 1.82) is 0 Å². The predicted molar refractivity (Wildman–Crippen MR) is 101 cm³/mol. The van der Waals surface area contributed by atoms with Crippen molar-refractivity contribution in [1.82, 2.24) is 0 Å². The number of morpholine rings is 1. The first-order valence-corrected chi connectivity index (χ1v) is 10.3. The van der Waals surface area contributed by atoms with Crippen LogP contribution in [0, 0.1) is 33.8 Å². The van der Waals surface area contributed by atoms with Crippen molar-refractivity contribution in [3.05, 3.63) is 46.5 Å². The van der Waals surface area contributed by atoms with Crippen molar-refractivity contribution in [2.75, 3.05) is 31.3 Å². The normalized spacial score (nSPS) is 40.9. The Hall–Kier alpha value is -2.32. The third-order valence-corrected chi connectivity index (χ3v) is 7.81. The van der Waals surface area contributed by atoms with Gasteiger partial charge in [0.1, 0.15) is 13.1 Å². The van der Waals surface area contributed by atoms with Gasteiger partial charge in [-0.25, -0.2) is 0 Å². The van der Waals surface area contributed by atoms with Gasteiger partial charge in [0.25, 0.3) is 5.69 Å². The molecule has 1 aromatic carbocycles. The highest BCUT2D eigenvalue weighted by molar-refractivity contribution is 5.54. The number of non-ortho nitro benzene ring substituents is 1. The van der Waals surface area contributed by atoms with Gasteiger partial charge in [-0.15, -0.1) is 0 Å². The number of fused-ring (bicyclic) bond motifs is 8. The first-order valence-electron chi connectivity index (χ1n) is 10.3. The fourth-order valence-electron chi connectivity index (χ4n) is 6.85. The maximum atomic E-state index is 11.1. The molecule has 5 aliphatic rings. The van der Waals surface area contributed by atoms with Crippen LogP contribution in [0.5, 0.6) is 0 Å². The van der Waals surface area contributed by atoms with Gasteiger partial charge in [0.2, 0.25) is 5.66 Å². The van der Waals surface area contributed by atoms with Gasteiger partial charge in [-0.3, -0.25) is 10.1 Å². The lowest BCUT2D eigenvalue weighted by atomic mass is 9.71. The number of ether oxygens (including phenoxy) is 1. The minimum atomic E-state index is -0.355. The second-order valence-corrected chi connectivity index (χ2v) is 8.69. The average Bonchev–Trinajstić information content (AvgIpc) is 3.46. The molecule has 0 spiro atoms. The quantitative estimate of drug-likeness (QED) is 0.489. The third-order valence-electron chi connectivity index (χ3n) is 7.81. The van der Waals surface area contributed by atoms with Gasteiger partial charge < -0.3 is 9.64 Å². The lowest BCUT2D eigenvalue weighted by Crippen LogP contribution is -3.25. The van der Waals surface area contributed by atoms with Crippen LogP contribution in [0.2, 0.25) is 0 Å². The van der Waals surface area contributed by atoms with E-state index in [0.717, 1.165) is 32.0 Å². The van der Waals surface area contributed by atoms with E-state index in [1.54, 1.807) is 12.1 Å². The van der Waals surface area contributed by atoms with Crippen molar-refractivity contribution < 1.29 is 14.6 Å². The molecule has 2 bridgehead atoms. The molecular formula is C20H24N5O3+. The van der Waals surface area contributed by atoms with E-state index >= 15 is 0 Å². The van der Waals surface area contributed by atoms with Crippen LogP contribution in [-0.4, -0.2) is 42.9 Å². The zero-order valence-electron chi connectivity index (χ0n) is 15.6. The number of benzene rings is 1. The SMILES string of the molecule is O=[N+]([O-])c1ccc(N2N=N[C@H]3[C@@H]4C[C@@H]([C@H]5C=CC[C@@H]54)[C@@]32[NH+]2CCOCC2)cc1. The van der Waals surface area contributed by atoms with E-state index in [1.807, 2.05) is 12.1 Å². The number of anilines is 1. The molecule has 0 unspecified atom stereocenters. The maximum Gasteiger partial charge on any atom is 0.269 e. The minimum absolute atomic E-state index is 0.107. The summed E-state index contributed by atoms with van der Waals surface area (Å²) in [5.74, 6) is 2.39. The van der Waals surface area contributed by atoms with Crippen molar-refractivity contribution in [3.8, 4) is 0 Å². The van der Waals surface area contributed by atoms with Crippen LogP contribution in [0.4, 0.5) is 11.4 Å². The summed E-state index contributed by atoms with van der Waals surface area (Å²) in [6.45, 7) is 3.43. The summed E-state index contributed by atoms with van der Waals surface area (Å²) in [5, 5.41) is 22.7. The first-order chi connectivity index (χ1) is 13.7. The Morgan fingerprint density at radius 1 is 1.21 bits per heavy atom. The van der Waals surface area contributed by atoms with Gasteiger partial charge in [-0.1, -0.05) is 17.4 Å². The van der Waals surface area contributed by atoms with E-state index in [-0.39, 0.29) is 22.3 Å². The highest BCUT2D eigenvalue weighted by Crippen LogP contribution is 2.63. The summed E-state index contributed by atoms with van der Waals surface area (Å²) in [6.07, 6.45) is 7.16. The molecule has 3 aliphatic carbocycles. The van der Waals surface area contributed by atoms with Gasteiger partial charge in [-0.05, 0) is 42.7 Å². The van der Waals surface area contributed by atoms with Crippen LogP contribution < -0.4 is 9.91 Å². The van der Waals surface area contributed by atoms with Crippen molar-refractivity contribution in [3.63, 3.8) is 0 Å². The van der Waals surface area contributed by atoms with Crippen LogP contribution in [0.1, 0.15) is 12.8 Å². The Kier molecular flexibility index (Phi) is 3.47. The molecule has 1 saturated heterocycles. The number of hydrogen-bond acceptors (Lipinski definition) is 6. The zero-order valence-corrected chi connectivity index (χ0v) is 15.6. The summed E-state index contributed by atoms with van der Waals surface area (Å²) >= 11 is 0. The second kappa shape index (κ2) is 5.84. The molecule has 1 aromatic rings. The zero-order chi connectivity index (χ0) is 18.9. The molecule has 2 heterocycles. The van der Waals surface area contributed by atoms with E-state index in [9.17, 15) is 10.1 Å². The summed E-state index contributed by atoms with van der Waals surface area (Å²) in [5.41, 5.74) is 0.818. The summed E-state index contributed by atoms with van der Waals surface area (Å²) in [4.78, 5) is 12.2. The number of nitrogens with zero attached hydrogens (tertiary/aromatic N) is 4. The lowest BCUT2D eigenvalue weighted by molar-refractivity contribution is -0.963. The smallest absolute Gasteiger partial charge is 0.269 e. The molecule has 2 aliphatic heterocycles. The molecule has 3 fully saturated rings. The van der Waals surface area contributed by atoms with Gasteiger partial charge in [0, 0.05) is 18.1 Å². The number of nitrogens with one attached hydrogen (secondary N) is 1. The summed E-state index contributed by atoms with van der Waals surface area (Å²) in [6, 6.07) is 7.00. The average molecular weight is 382 g/mol. The van der Waals surface area contributed by atoms with Crippen LogP contribution in [0.15, 0.2) is 46.8 Å². The first kappa shape index (κ1) is 16.6. The molecular weight excluding hydrogens is 358 g/mol. The standard InChI is InChI=1S/C20H23N5O3/c26-25(27)14-6-4-13(5-7-14)24-20(23-8-10-28-11-9-23)18-12-17(19(20)21-22-24)15-2-1-3-16(15)18/h1,3-7,15-19H,2,8-12H2/p+1/t15-,16-,17+,18-,19-,20-/m0/s1. The Labute approximate surface area is 163 Å². The van der Waals surface area contributed by atoms with Crippen LogP contribution in [0.25, 0.3) is 0 Å². The van der Waals surface area contributed by atoms with Crippen molar-refractivity contribution in [2.24, 2.45) is 34.0 Å². The summed E-state index contributed by atoms with van der Waals surface area (Å²) < 4.78 is 5.66. The molecule has 28 heavy (non-hydrogen) atoms. The van der Waals surface area contributed by atoms with E-state index in [4.69, 9.17) is 9.85 Å². The van der Waals surface area contributed by atoms with E-state index in [2.05, 4.69) is 22.4 Å². The van der Waals surface area contributed by atoms with E-state index in [0.29, 0.717) is 23.7 Å². The molecule has 2 saturated carbocycles. The van der Waals surface area contributed by atoms with Gasteiger partial charge in [-0.2, -0.15) is 10.1 Å². The second-order valence-electron chi connectivity index (χ2n) is 8.69. The third kappa shape index (κ3) is 1.97. The molecule has 0 radical (unpaired) electrons. The van der Waals surface area contributed by atoms with E-state index < -0.39 is 0 Å². The molecule has 146 valence electrons. The number of rotatable bonds is 3. The molecule has 0 amide bonds. The fraction of sp³-hybridized carbons (Fsp3) is 0.600. The Morgan fingerprint density at radius 2 is 2.00 bits per heavy atom. The topological polar surface area (TPSA) is 84.8 Å². The van der Waals surface area contributed by atoms with Crippen molar-refractivity contribution in [2.45, 2.75) is 24.5 Å². The number of allylic oxidation sites excluding steroid dienone is 2. The van der Waals surface area contributed by atoms with Gasteiger partial charge >= 0.3 is 0 Å². The van der Waals surface area contributed by atoms with Crippen molar-refractivity contribution >= 4 is 11.4 Å². The summed E-state index contributed by atoms with van der Waals surface area (Å²) in [7, 11) is 0. The maximum absolute atomic E-state index is 11.1. The Bertz CT molecular complexity index is 865. The van der Waals surface area contributed by atoms with Crippen LogP contribution in [-0.2, 0) is 4.74 Å². The largest absolute Gasteiger partial charge is 0.370 e. The highest BCUT2D eigenvalue weighted by Gasteiger charge is 2.75. The molecule has 6 rings (SSSR count). The predicted octanol–water partition coefficient (Wildman–Crippen LogP) is 1.60. The number of quaternary nitrogens is 1. The number of nitro benzene ring substituents is 1. The molecule has 8 heteroatoms. The minimum Gasteiger partial charge on any atom is -0.370 e. The number of nitro groups is 1. The lowest BCUT2D eigenvalue weighted by Gasteiger charge is -2.50. The van der Waals surface area contributed by atoms with Crippen LogP contribution in [0.3, 0.4) is 0 Å². The number of hydrogen-bond donors (Lipinski definition) is 1. The van der Waals surface area contributed by atoms with Gasteiger partial charge in [0.15, 0.2) is 6.04 Å². The molecule has 1 N–H and O–H groups in total. The Morgan fingerprint density at radius 3 is 2.75 bits per heavy atom. The van der Waals surface area contributed by atoms with E-state index in [1.165, 1.54) is 17.7 Å².